The third-order valence-corrected chi connectivity index (χ3v) is 6.48. The van der Waals surface area contributed by atoms with Crippen molar-refractivity contribution in [2.75, 3.05) is 18.8 Å². The summed E-state index contributed by atoms with van der Waals surface area (Å²) in [6, 6.07) is 0. The van der Waals surface area contributed by atoms with Crippen LogP contribution in [0.3, 0.4) is 0 Å². The monoisotopic (exact) mass is 313 g/mol. The minimum Gasteiger partial charge on any atom is -0.340 e. The van der Waals surface area contributed by atoms with Crippen molar-refractivity contribution in [1.82, 2.24) is 14.3 Å². The first-order valence-electron chi connectivity index (χ1n) is 6.40. The van der Waals surface area contributed by atoms with Crippen LogP contribution in [-0.2, 0) is 21.1 Å². The van der Waals surface area contributed by atoms with Crippen molar-refractivity contribution in [3.63, 3.8) is 0 Å². The molecule has 0 atom stereocenters. The van der Waals surface area contributed by atoms with Crippen LogP contribution in [-0.4, -0.2) is 52.7 Å². The van der Waals surface area contributed by atoms with E-state index in [9.17, 15) is 13.2 Å². The molecule has 3 rings (SSSR count). The van der Waals surface area contributed by atoms with Gasteiger partial charge in [-0.15, -0.1) is 11.3 Å². The van der Waals surface area contributed by atoms with Gasteiger partial charge in [-0.3, -0.25) is 9.20 Å². The van der Waals surface area contributed by atoms with Crippen molar-refractivity contribution in [2.45, 2.75) is 18.6 Å². The van der Waals surface area contributed by atoms with E-state index < -0.39 is 9.84 Å². The third-order valence-electron chi connectivity index (χ3n) is 3.59. The van der Waals surface area contributed by atoms with Crippen LogP contribution < -0.4 is 0 Å². The Balaban J connectivity index is 1.60. The van der Waals surface area contributed by atoms with Gasteiger partial charge in [0.25, 0.3) is 0 Å². The highest BCUT2D eigenvalue weighted by Crippen LogP contribution is 2.19. The van der Waals surface area contributed by atoms with Crippen LogP contribution >= 0.6 is 11.3 Å². The van der Waals surface area contributed by atoms with Crippen LogP contribution in [0, 0.1) is 0 Å². The number of nitrogens with zero attached hydrogens (tertiary/aromatic N) is 3. The molecular weight excluding hydrogens is 298 g/mol. The fraction of sp³-hybridized carbons (Fsp3) is 0.500. The fourth-order valence-electron chi connectivity index (χ4n) is 2.23. The maximum Gasteiger partial charge on any atom is 0.228 e. The molecule has 1 amide bonds. The summed E-state index contributed by atoms with van der Waals surface area (Å²) in [5.74, 6) is 0.0788. The lowest BCUT2D eigenvalue weighted by atomic mass is 10.2. The topological polar surface area (TPSA) is 71.8 Å². The minimum atomic E-state index is -3.02. The van der Waals surface area contributed by atoms with Crippen LogP contribution in [0.25, 0.3) is 4.96 Å². The average molecular weight is 313 g/mol. The first-order chi connectivity index (χ1) is 9.49. The lowest BCUT2D eigenvalue weighted by Crippen LogP contribution is -2.57. The number of thiazole rings is 1. The number of likely N-dealkylation sites (tertiary alicyclic amines) is 1. The van der Waals surface area contributed by atoms with Crippen molar-refractivity contribution < 1.29 is 13.2 Å². The van der Waals surface area contributed by atoms with Gasteiger partial charge in [-0.1, -0.05) is 6.92 Å². The van der Waals surface area contributed by atoms with Crippen molar-refractivity contribution in [1.29, 1.82) is 0 Å². The fourth-order valence-corrected chi connectivity index (χ4v) is 4.24. The van der Waals surface area contributed by atoms with Gasteiger partial charge in [-0.05, 0) is 0 Å². The molecule has 0 unspecified atom stereocenters. The molecule has 0 spiro atoms. The molecule has 1 aliphatic rings. The highest BCUT2D eigenvalue weighted by Gasteiger charge is 2.38. The van der Waals surface area contributed by atoms with Gasteiger partial charge in [-0.25, -0.2) is 13.4 Å². The number of fused-ring (bicyclic) bond motifs is 1. The van der Waals surface area contributed by atoms with Crippen molar-refractivity contribution >= 4 is 32.0 Å². The molecule has 3 heterocycles. The Morgan fingerprint density at radius 3 is 2.90 bits per heavy atom. The van der Waals surface area contributed by atoms with Crippen molar-refractivity contribution in [2.24, 2.45) is 0 Å². The summed E-state index contributed by atoms with van der Waals surface area (Å²) in [6.07, 6.45) is 3.96. The second-order valence-corrected chi connectivity index (χ2v) is 8.32. The summed E-state index contributed by atoms with van der Waals surface area (Å²) in [5.41, 5.74) is 0.726. The molecule has 1 fully saturated rings. The van der Waals surface area contributed by atoms with E-state index >= 15 is 0 Å². The summed E-state index contributed by atoms with van der Waals surface area (Å²) < 4.78 is 25.2. The van der Waals surface area contributed by atoms with E-state index in [-0.39, 0.29) is 23.3 Å². The van der Waals surface area contributed by atoms with Crippen LogP contribution in [0.2, 0.25) is 0 Å². The number of hydrogen-bond donors (Lipinski definition) is 0. The zero-order chi connectivity index (χ0) is 14.3. The van der Waals surface area contributed by atoms with Gasteiger partial charge in [0, 0.05) is 36.6 Å². The Morgan fingerprint density at radius 2 is 2.25 bits per heavy atom. The van der Waals surface area contributed by atoms with Gasteiger partial charge in [0.2, 0.25) is 5.91 Å². The number of sulfone groups is 1. The molecule has 0 radical (unpaired) electrons. The van der Waals surface area contributed by atoms with Crippen LogP contribution in [0.5, 0.6) is 0 Å². The molecule has 0 saturated carbocycles. The zero-order valence-electron chi connectivity index (χ0n) is 11.0. The van der Waals surface area contributed by atoms with E-state index in [1.54, 1.807) is 11.8 Å². The molecule has 108 valence electrons. The Bertz CT molecular complexity index is 712. The van der Waals surface area contributed by atoms with Crippen LogP contribution in [0.4, 0.5) is 0 Å². The van der Waals surface area contributed by atoms with Gasteiger partial charge in [-0.2, -0.15) is 0 Å². The molecule has 0 N–H and O–H groups in total. The molecule has 2 aromatic heterocycles. The zero-order valence-corrected chi connectivity index (χ0v) is 12.7. The SMILES string of the molecule is CCS(=O)(=O)C1CN(C(=O)Cc2cn3ccsc3n2)C1. The standard InChI is InChI=1S/C12H15N3O3S2/c1-2-20(17,18)10-7-15(8-10)11(16)5-9-6-14-3-4-19-12(14)13-9/h3-4,6,10H,2,5,7-8H2,1H3. The second kappa shape index (κ2) is 4.85. The Hall–Kier alpha value is -1.41. The summed E-state index contributed by atoms with van der Waals surface area (Å²) in [4.78, 5) is 18.8. The molecule has 1 aliphatic heterocycles. The predicted molar refractivity (Wildman–Crippen MR) is 76.6 cm³/mol. The minimum absolute atomic E-state index is 0.0571. The van der Waals surface area contributed by atoms with E-state index in [1.807, 2.05) is 22.2 Å². The van der Waals surface area contributed by atoms with Gasteiger partial charge in [0.15, 0.2) is 14.8 Å². The predicted octanol–water partition coefficient (Wildman–Crippen LogP) is 0.584. The number of carbonyl (C=O) groups is 1. The lowest BCUT2D eigenvalue weighted by Gasteiger charge is -2.38. The Kier molecular flexibility index (Phi) is 3.29. The van der Waals surface area contributed by atoms with E-state index in [0.717, 1.165) is 10.7 Å². The molecule has 20 heavy (non-hydrogen) atoms. The van der Waals surface area contributed by atoms with Crippen molar-refractivity contribution in [3.05, 3.63) is 23.5 Å². The summed E-state index contributed by atoms with van der Waals surface area (Å²) in [6.45, 7) is 2.27. The maximum absolute atomic E-state index is 12.0. The summed E-state index contributed by atoms with van der Waals surface area (Å²) >= 11 is 1.52. The number of carbonyl (C=O) groups excluding carboxylic acids is 1. The van der Waals surface area contributed by atoms with Gasteiger partial charge in [0.05, 0.1) is 17.4 Å². The number of aromatic nitrogens is 2. The van der Waals surface area contributed by atoms with Gasteiger partial charge >= 0.3 is 0 Å². The van der Waals surface area contributed by atoms with Gasteiger partial charge < -0.3 is 4.90 Å². The molecule has 2 aromatic rings. The Morgan fingerprint density at radius 1 is 1.50 bits per heavy atom. The molecule has 1 saturated heterocycles. The molecule has 0 aromatic carbocycles. The first-order valence-corrected chi connectivity index (χ1v) is 8.99. The van der Waals surface area contributed by atoms with E-state index in [0.29, 0.717) is 13.1 Å². The highest BCUT2D eigenvalue weighted by atomic mass is 32.2. The molecule has 6 nitrogen and oxygen atoms in total. The average Bonchev–Trinajstić information content (AvgIpc) is 2.86. The summed E-state index contributed by atoms with van der Waals surface area (Å²) in [5, 5.41) is 1.55. The molecule has 8 heteroatoms. The first kappa shape index (κ1) is 13.6. The van der Waals surface area contributed by atoms with Crippen LogP contribution in [0.15, 0.2) is 17.8 Å². The number of imidazole rings is 1. The molecule has 0 aliphatic carbocycles. The lowest BCUT2D eigenvalue weighted by molar-refractivity contribution is -0.133. The quantitative estimate of drug-likeness (QED) is 0.828. The van der Waals surface area contributed by atoms with Crippen LogP contribution in [0.1, 0.15) is 12.6 Å². The molecular formula is C12H15N3O3S2. The largest absolute Gasteiger partial charge is 0.340 e. The third kappa shape index (κ3) is 2.33. The van der Waals surface area contributed by atoms with E-state index in [2.05, 4.69) is 4.98 Å². The molecule has 0 bridgehead atoms. The van der Waals surface area contributed by atoms with E-state index in [1.165, 1.54) is 11.3 Å². The smallest absolute Gasteiger partial charge is 0.228 e. The van der Waals surface area contributed by atoms with E-state index in [4.69, 9.17) is 0 Å². The number of amides is 1. The highest BCUT2D eigenvalue weighted by molar-refractivity contribution is 7.92. The normalized spacial score (nSPS) is 16.6. The van der Waals surface area contributed by atoms with Gasteiger partial charge in [0.1, 0.15) is 0 Å². The van der Waals surface area contributed by atoms with Crippen molar-refractivity contribution in [3.8, 4) is 0 Å². The Labute approximate surface area is 121 Å². The number of hydrogen-bond acceptors (Lipinski definition) is 5. The summed E-state index contributed by atoms with van der Waals surface area (Å²) in [7, 11) is -3.02. The maximum atomic E-state index is 12.0. The second-order valence-electron chi connectivity index (χ2n) is 4.87. The number of rotatable bonds is 4.